The summed E-state index contributed by atoms with van der Waals surface area (Å²) in [5.74, 6) is 0.472. The van der Waals surface area contributed by atoms with Crippen LogP contribution >= 0.6 is 0 Å². The van der Waals surface area contributed by atoms with Crippen molar-refractivity contribution in [3.63, 3.8) is 0 Å². The molecule has 17 heavy (non-hydrogen) atoms. The second-order valence-electron chi connectivity index (χ2n) is 6.11. The van der Waals surface area contributed by atoms with E-state index in [-0.39, 0.29) is 22.6 Å². The summed E-state index contributed by atoms with van der Waals surface area (Å²) < 4.78 is 24.0. The van der Waals surface area contributed by atoms with Crippen molar-refractivity contribution in [2.24, 2.45) is 0 Å². The lowest BCUT2D eigenvalue weighted by Crippen LogP contribution is -2.70. The Bertz CT molecular complexity index is 346. The molecule has 0 saturated carbocycles. The van der Waals surface area contributed by atoms with Crippen LogP contribution in [0.25, 0.3) is 0 Å². The summed E-state index contributed by atoms with van der Waals surface area (Å²) in [7, 11) is -2.95. The van der Waals surface area contributed by atoms with Crippen molar-refractivity contribution >= 4 is 9.84 Å². The fourth-order valence-corrected chi connectivity index (χ4v) is 5.84. The monoisotopic (exact) mass is 262 g/mol. The summed E-state index contributed by atoms with van der Waals surface area (Å²) in [6, 6.07) is 0. The van der Waals surface area contributed by atoms with Gasteiger partial charge in [0.25, 0.3) is 0 Å². The summed E-state index contributed by atoms with van der Waals surface area (Å²) in [4.78, 5) is 0. The van der Waals surface area contributed by atoms with Crippen LogP contribution in [0.5, 0.6) is 0 Å². The van der Waals surface area contributed by atoms with Crippen molar-refractivity contribution < 1.29 is 8.42 Å². The highest BCUT2D eigenvalue weighted by Gasteiger charge is 2.49. The summed E-state index contributed by atoms with van der Waals surface area (Å²) in [5.41, 5.74) is -0.681. The zero-order valence-electron chi connectivity index (χ0n) is 11.9. The van der Waals surface area contributed by atoms with E-state index in [1.165, 1.54) is 0 Å². The van der Waals surface area contributed by atoms with E-state index in [2.05, 4.69) is 23.9 Å². The molecule has 0 aromatic heterocycles. The van der Waals surface area contributed by atoms with Crippen molar-refractivity contribution in [3.8, 4) is 0 Å². The first kappa shape index (κ1) is 14.9. The average molecular weight is 262 g/mol. The van der Waals surface area contributed by atoms with Gasteiger partial charge in [-0.05, 0) is 27.7 Å². The van der Waals surface area contributed by atoms with Crippen LogP contribution in [0.15, 0.2) is 0 Å². The number of hydrogen-bond acceptors (Lipinski definition) is 4. The third kappa shape index (κ3) is 3.01. The minimum absolute atomic E-state index is 0.236. The molecule has 0 radical (unpaired) electrons. The Morgan fingerprint density at radius 2 is 1.35 bits per heavy atom. The van der Waals surface area contributed by atoms with Crippen LogP contribution in [-0.4, -0.2) is 54.1 Å². The van der Waals surface area contributed by atoms with E-state index in [4.69, 9.17) is 0 Å². The minimum Gasteiger partial charge on any atom is -0.241 e. The van der Waals surface area contributed by atoms with Crippen LogP contribution in [0.1, 0.15) is 41.5 Å². The Labute approximate surface area is 106 Å². The van der Waals surface area contributed by atoms with E-state index < -0.39 is 9.84 Å². The minimum atomic E-state index is -2.95. The van der Waals surface area contributed by atoms with Gasteiger partial charge in [0.05, 0.1) is 11.5 Å². The average Bonchev–Trinajstić information content (AvgIpc) is 2.06. The molecule has 0 spiro atoms. The van der Waals surface area contributed by atoms with Crippen LogP contribution in [0.4, 0.5) is 0 Å². The lowest BCUT2D eigenvalue weighted by molar-refractivity contribution is -0.147. The van der Waals surface area contributed by atoms with Crippen LogP contribution in [0.3, 0.4) is 0 Å². The Kier molecular flexibility index (Phi) is 3.97. The smallest absolute Gasteiger partial charge is 0.154 e. The van der Waals surface area contributed by atoms with Gasteiger partial charge >= 0.3 is 0 Å². The highest BCUT2D eigenvalue weighted by molar-refractivity contribution is 7.91. The van der Waals surface area contributed by atoms with Gasteiger partial charge in [-0.3, -0.25) is 0 Å². The van der Waals surface area contributed by atoms with Crippen molar-refractivity contribution in [1.29, 1.82) is 0 Å². The topological polar surface area (TPSA) is 40.6 Å². The zero-order chi connectivity index (χ0) is 13.5. The van der Waals surface area contributed by atoms with Crippen LogP contribution < -0.4 is 0 Å². The quantitative estimate of drug-likeness (QED) is 0.773. The van der Waals surface area contributed by atoms with Crippen LogP contribution in [0, 0.1) is 0 Å². The molecule has 0 amide bonds. The zero-order valence-corrected chi connectivity index (χ0v) is 12.8. The lowest BCUT2D eigenvalue weighted by atomic mass is 9.97. The molecule has 1 saturated heterocycles. The third-order valence-electron chi connectivity index (χ3n) is 3.31. The number of rotatable bonds is 3. The summed E-state index contributed by atoms with van der Waals surface area (Å²) >= 11 is 0. The van der Waals surface area contributed by atoms with Crippen LogP contribution in [0.2, 0.25) is 0 Å². The van der Waals surface area contributed by atoms with Crippen molar-refractivity contribution in [2.75, 3.05) is 24.6 Å². The normalized spacial score (nSPS) is 27.2. The highest BCUT2D eigenvalue weighted by atomic mass is 32.2. The number of nitrogens with zero attached hydrogens (tertiary/aromatic N) is 2. The maximum atomic E-state index is 12.0. The molecule has 0 aliphatic carbocycles. The Morgan fingerprint density at radius 1 is 1.00 bits per heavy atom. The van der Waals surface area contributed by atoms with Gasteiger partial charge < -0.3 is 0 Å². The summed E-state index contributed by atoms with van der Waals surface area (Å²) in [6.45, 7) is 14.1. The maximum Gasteiger partial charge on any atom is 0.154 e. The summed E-state index contributed by atoms with van der Waals surface area (Å²) in [6.07, 6.45) is 0. The fourth-order valence-electron chi connectivity index (χ4n) is 3.34. The second kappa shape index (κ2) is 4.52. The number of hydrogen-bond donors (Lipinski definition) is 0. The van der Waals surface area contributed by atoms with Gasteiger partial charge in [0.2, 0.25) is 0 Å². The van der Waals surface area contributed by atoms with Gasteiger partial charge in [0, 0.05) is 24.2 Å². The molecular weight excluding hydrogens is 236 g/mol. The molecule has 1 aliphatic rings. The predicted octanol–water partition coefficient (Wildman–Crippen LogP) is 1.53. The van der Waals surface area contributed by atoms with Gasteiger partial charge in [0.1, 0.15) is 0 Å². The Morgan fingerprint density at radius 3 is 1.65 bits per heavy atom. The van der Waals surface area contributed by atoms with Gasteiger partial charge in [-0.25, -0.2) is 18.4 Å². The number of sulfone groups is 1. The highest BCUT2D eigenvalue weighted by Crippen LogP contribution is 2.34. The van der Waals surface area contributed by atoms with Crippen LogP contribution in [-0.2, 0) is 9.84 Å². The van der Waals surface area contributed by atoms with E-state index in [0.717, 1.165) is 13.1 Å². The van der Waals surface area contributed by atoms with Gasteiger partial charge in [-0.1, -0.05) is 13.8 Å². The SMILES string of the molecule is CCN(CC)N1C(C)(C)CS(=O)(=O)CC1(C)C. The van der Waals surface area contributed by atoms with Gasteiger partial charge in [-0.15, -0.1) is 0 Å². The standard InChI is InChI=1S/C12H26N2O2S/c1-7-13(8-2)14-11(3,4)9-17(15,16)10-12(14,5)6/h7-10H2,1-6H3. The molecule has 0 atom stereocenters. The molecular formula is C12H26N2O2S. The summed E-state index contributed by atoms with van der Waals surface area (Å²) in [5, 5.41) is 4.51. The molecule has 0 aromatic rings. The molecule has 0 unspecified atom stereocenters. The first-order chi connectivity index (χ1) is 7.56. The Hall–Kier alpha value is -0.130. The molecule has 0 N–H and O–H groups in total. The van der Waals surface area contributed by atoms with Gasteiger partial charge in [0.15, 0.2) is 9.84 Å². The molecule has 5 heteroatoms. The maximum absolute atomic E-state index is 12.0. The first-order valence-electron chi connectivity index (χ1n) is 6.31. The fraction of sp³-hybridized carbons (Fsp3) is 1.00. The van der Waals surface area contributed by atoms with E-state index in [0.29, 0.717) is 0 Å². The largest absolute Gasteiger partial charge is 0.241 e. The van der Waals surface area contributed by atoms with E-state index >= 15 is 0 Å². The Balaban J connectivity index is 3.18. The molecule has 102 valence electrons. The molecule has 1 aliphatic heterocycles. The first-order valence-corrected chi connectivity index (χ1v) is 8.13. The van der Waals surface area contributed by atoms with E-state index in [9.17, 15) is 8.42 Å². The predicted molar refractivity (Wildman–Crippen MR) is 71.6 cm³/mol. The third-order valence-corrected chi connectivity index (χ3v) is 5.60. The van der Waals surface area contributed by atoms with E-state index in [1.54, 1.807) is 0 Å². The number of hydrazine groups is 1. The van der Waals surface area contributed by atoms with Gasteiger partial charge in [-0.2, -0.15) is 0 Å². The van der Waals surface area contributed by atoms with E-state index in [1.807, 2.05) is 27.7 Å². The molecule has 1 fully saturated rings. The van der Waals surface area contributed by atoms with Crippen molar-refractivity contribution in [2.45, 2.75) is 52.6 Å². The molecule has 0 bridgehead atoms. The molecule has 1 rings (SSSR count). The second-order valence-corrected chi connectivity index (χ2v) is 8.17. The molecule has 1 heterocycles. The lowest BCUT2D eigenvalue weighted by Gasteiger charge is -2.56. The molecule has 0 aromatic carbocycles. The molecule has 4 nitrogen and oxygen atoms in total. The van der Waals surface area contributed by atoms with Crippen molar-refractivity contribution in [1.82, 2.24) is 10.0 Å². The van der Waals surface area contributed by atoms with Crippen molar-refractivity contribution in [3.05, 3.63) is 0 Å².